The summed E-state index contributed by atoms with van der Waals surface area (Å²) in [4.78, 5) is 19.4. The lowest BCUT2D eigenvalue weighted by Gasteiger charge is -2.33. The van der Waals surface area contributed by atoms with E-state index in [1.165, 1.54) is 17.1 Å². The van der Waals surface area contributed by atoms with E-state index in [4.69, 9.17) is 4.52 Å². The minimum atomic E-state index is -3.65. The number of rotatable bonds is 5. The highest BCUT2D eigenvalue weighted by Gasteiger charge is 2.34. The summed E-state index contributed by atoms with van der Waals surface area (Å²) in [6.45, 7) is 4.30. The number of sulfonamides is 1. The standard InChI is InChI=1S/C22H30N4O4S/c1-2-20-23-21(24-30-20)18-8-7-9-19(16-18)31(28,29)26-14-10-17(11-15-26)22(27)25-12-5-3-4-6-13-25/h7-9,16-17H,2-6,10-15H2,1H3. The Morgan fingerprint density at radius 2 is 1.81 bits per heavy atom. The van der Waals surface area contributed by atoms with Crippen molar-refractivity contribution in [3.63, 3.8) is 0 Å². The van der Waals surface area contributed by atoms with Crippen molar-refractivity contribution in [3.05, 3.63) is 30.2 Å². The van der Waals surface area contributed by atoms with Gasteiger partial charge in [-0.3, -0.25) is 4.79 Å². The largest absolute Gasteiger partial charge is 0.342 e. The zero-order valence-corrected chi connectivity index (χ0v) is 18.8. The van der Waals surface area contributed by atoms with Crippen LogP contribution < -0.4 is 0 Å². The van der Waals surface area contributed by atoms with Crippen LogP contribution in [0.15, 0.2) is 33.7 Å². The van der Waals surface area contributed by atoms with Gasteiger partial charge in [0.15, 0.2) is 0 Å². The highest BCUT2D eigenvalue weighted by atomic mass is 32.2. The highest BCUT2D eigenvalue weighted by Crippen LogP contribution is 2.28. The van der Waals surface area contributed by atoms with E-state index in [1.54, 1.807) is 24.3 Å². The van der Waals surface area contributed by atoms with Crippen molar-refractivity contribution in [2.75, 3.05) is 26.2 Å². The quantitative estimate of drug-likeness (QED) is 0.700. The van der Waals surface area contributed by atoms with Crippen LogP contribution in [0.4, 0.5) is 0 Å². The zero-order chi connectivity index (χ0) is 21.8. The maximum atomic E-state index is 13.2. The van der Waals surface area contributed by atoms with Gasteiger partial charge in [0, 0.05) is 44.1 Å². The summed E-state index contributed by atoms with van der Waals surface area (Å²) in [5.74, 6) is 1.02. The number of carbonyl (C=O) groups is 1. The molecule has 0 aliphatic carbocycles. The van der Waals surface area contributed by atoms with Crippen LogP contribution in [0.25, 0.3) is 11.4 Å². The number of likely N-dealkylation sites (tertiary alicyclic amines) is 1. The van der Waals surface area contributed by atoms with Crippen molar-refractivity contribution in [3.8, 4) is 11.4 Å². The Hall–Kier alpha value is -2.26. The number of aromatic nitrogens is 2. The average molecular weight is 447 g/mol. The Balaban J connectivity index is 1.43. The molecule has 2 aliphatic rings. The topological polar surface area (TPSA) is 96.6 Å². The predicted molar refractivity (Wildman–Crippen MR) is 116 cm³/mol. The van der Waals surface area contributed by atoms with E-state index in [2.05, 4.69) is 10.1 Å². The second-order valence-electron chi connectivity index (χ2n) is 8.31. The minimum absolute atomic E-state index is 0.0809. The molecule has 0 unspecified atom stereocenters. The van der Waals surface area contributed by atoms with Crippen molar-refractivity contribution in [2.24, 2.45) is 5.92 Å². The van der Waals surface area contributed by atoms with Crippen molar-refractivity contribution in [1.29, 1.82) is 0 Å². The molecule has 1 amide bonds. The first-order valence-electron chi connectivity index (χ1n) is 11.2. The number of nitrogens with zero attached hydrogens (tertiary/aromatic N) is 4. The fourth-order valence-electron chi connectivity index (χ4n) is 4.35. The van der Waals surface area contributed by atoms with Gasteiger partial charge in [0.2, 0.25) is 27.6 Å². The number of piperidine rings is 1. The minimum Gasteiger partial charge on any atom is -0.342 e. The van der Waals surface area contributed by atoms with Crippen molar-refractivity contribution < 1.29 is 17.7 Å². The molecule has 2 fully saturated rings. The van der Waals surface area contributed by atoms with Crippen LogP contribution in [-0.2, 0) is 21.2 Å². The molecule has 2 saturated heterocycles. The third kappa shape index (κ3) is 4.82. The molecule has 0 bridgehead atoms. The third-order valence-electron chi connectivity index (χ3n) is 6.22. The maximum absolute atomic E-state index is 13.2. The molecule has 4 rings (SSSR count). The molecule has 0 spiro atoms. The summed E-state index contributed by atoms with van der Waals surface area (Å²) < 4.78 is 33.1. The van der Waals surface area contributed by atoms with Crippen LogP contribution in [-0.4, -0.2) is 59.8 Å². The zero-order valence-electron chi connectivity index (χ0n) is 18.0. The van der Waals surface area contributed by atoms with Crippen LogP contribution in [0.1, 0.15) is 51.3 Å². The molecule has 0 saturated carbocycles. The molecule has 168 valence electrons. The summed E-state index contributed by atoms with van der Waals surface area (Å²) >= 11 is 0. The average Bonchev–Trinajstić information content (AvgIpc) is 3.13. The second-order valence-corrected chi connectivity index (χ2v) is 10.2. The van der Waals surface area contributed by atoms with Crippen molar-refractivity contribution >= 4 is 15.9 Å². The first kappa shape index (κ1) is 22.0. The Morgan fingerprint density at radius 3 is 2.45 bits per heavy atom. The monoisotopic (exact) mass is 446 g/mol. The van der Waals surface area contributed by atoms with Gasteiger partial charge in [-0.05, 0) is 37.8 Å². The van der Waals surface area contributed by atoms with E-state index in [0.29, 0.717) is 49.6 Å². The summed E-state index contributed by atoms with van der Waals surface area (Å²) in [5, 5.41) is 3.94. The van der Waals surface area contributed by atoms with E-state index in [1.807, 2.05) is 11.8 Å². The molecule has 1 aromatic heterocycles. The molecular weight excluding hydrogens is 416 g/mol. The molecule has 8 nitrogen and oxygen atoms in total. The number of hydrogen-bond donors (Lipinski definition) is 0. The summed E-state index contributed by atoms with van der Waals surface area (Å²) in [7, 11) is -3.65. The van der Waals surface area contributed by atoms with Gasteiger partial charge in [-0.25, -0.2) is 8.42 Å². The fourth-order valence-corrected chi connectivity index (χ4v) is 5.87. The maximum Gasteiger partial charge on any atom is 0.243 e. The summed E-state index contributed by atoms with van der Waals surface area (Å²) in [6.07, 6.45) is 6.26. The summed E-state index contributed by atoms with van der Waals surface area (Å²) in [5.41, 5.74) is 0.607. The summed E-state index contributed by atoms with van der Waals surface area (Å²) in [6, 6.07) is 6.65. The first-order chi connectivity index (χ1) is 15.0. The van der Waals surface area contributed by atoms with E-state index >= 15 is 0 Å². The second kappa shape index (κ2) is 9.48. The number of hydrogen-bond acceptors (Lipinski definition) is 6. The molecule has 2 aromatic rings. The Kier molecular flexibility index (Phi) is 6.71. The first-order valence-corrected chi connectivity index (χ1v) is 12.6. The Morgan fingerprint density at radius 1 is 1.10 bits per heavy atom. The van der Waals surface area contributed by atoms with Crippen molar-refractivity contribution in [1.82, 2.24) is 19.3 Å². The van der Waals surface area contributed by atoms with Gasteiger partial charge >= 0.3 is 0 Å². The molecule has 0 radical (unpaired) electrons. The lowest BCUT2D eigenvalue weighted by molar-refractivity contribution is -0.136. The SMILES string of the molecule is CCc1nc(-c2cccc(S(=O)(=O)N3CCC(C(=O)N4CCCCCC4)CC3)c2)no1. The smallest absolute Gasteiger partial charge is 0.243 e. The number of amides is 1. The fraction of sp³-hybridized carbons (Fsp3) is 0.591. The van der Waals surface area contributed by atoms with Gasteiger partial charge in [0.25, 0.3) is 0 Å². The Bertz CT molecular complexity index is 1000. The number of aryl methyl sites for hydroxylation is 1. The van der Waals surface area contributed by atoms with E-state index in [0.717, 1.165) is 25.9 Å². The molecule has 9 heteroatoms. The predicted octanol–water partition coefficient (Wildman–Crippen LogP) is 3.10. The lowest BCUT2D eigenvalue weighted by Crippen LogP contribution is -2.44. The normalized spacial score (nSPS) is 19.3. The number of benzene rings is 1. The van der Waals surface area contributed by atoms with E-state index in [-0.39, 0.29) is 16.7 Å². The molecular formula is C22H30N4O4S. The van der Waals surface area contributed by atoms with Crippen LogP contribution in [0.2, 0.25) is 0 Å². The van der Waals surface area contributed by atoms with Crippen LogP contribution >= 0.6 is 0 Å². The molecule has 2 aliphatic heterocycles. The lowest BCUT2D eigenvalue weighted by atomic mass is 9.96. The molecule has 3 heterocycles. The van der Waals surface area contributed by atoms with Crippen LogP contribution in [0, 0.1) is 5.92 Å². The highest BCUT2D eigenvalue weighted by molar-refractivity contribution is 7.89. The Labute approximate surface area is 183 Å². The molecule has 0 N–H and O–H groups in total. The van der Waals surface area contributed by atoms with Gasteiger partial charge < -0.3 is 9.42 Å². The molecule has 1 aromatic carbocycles. The van der Waals surface area contributed by atoms with Crippen LogP contribution in [0.3, 0.4) is 0 Å². The van der Waals surface area contributed by atoms with Gasteiger partial charge in [-0.15, -0.1) is 0 Å². The van der Waals surface area contributed by atoms with Gasteiger partial charge in [-0.1, -0.05) is 37.1 Å². The van der Waals surface area contributed by atoms with Gasteiger partial charge in [0.05, 0.1) is 4.90 Å². The molecule has 31 heavy (non-hydrogen) atoms. The van der Waals surface area contributed by atoms with Gasteiger partial charge in [0.1, 0.15) is 0 Å². The van der Waals surface area contributed by atoms with Gasteiger partial charge in [-0.2, -0.15) is 9.29 Å². The van der Waals surface area contributed by atoms with E-state index in [9.17, 15) is 13.2 Å². The van der Waals surface area contributed by atoms with E-state index < -0.39 is 10.0 Å². The number of carbonyl (C=O) groups excluding carboxylic acids is 1. The van der Waals surface area contributed by atoms with Crippen molar-refractivity contribution in [2.45, 2.75) is 56.8 Å². The van der Waals surface area contributed by atoms with Crippen LogP contribution in [0.5, 0.6) is 0 Å². The third-order valence-corrected chi connectivity index (χ3v) is 8.12. The molecule has 0 atom stereocenters.